The van der Waals surface area contributed by atoms with Gasteiger partial charge in [-0.25, -0.2) is 9.97 Å². The summed E-state index contributed by atoms with van der Waals surface area (Å²) in [6, 6.07) is 21.8. The number of rotatable bonds is 3. The molecule has 0 atom stereocenters. The Morgan fingerprint density at radius 3 is 1.96 bits per heavy atom. The average Bonchev–Trinajstić information content (AvgIpc) is 2.66. The zero-order valence-corrected chi connectivity index (χ0v) is 15.9. The van der Waals surface area contributed by atoms with Crippen molar-refractivity contribution in [1.29, 1.82) is 0 Å². The monoisotopic (exact) mass is 373 g/mol. The number of aromatic nitrogens is 2. The normalized spacial score (nSPS) is 10.7. The molecule has 0 saturated heterocycles. The topological polar surface area (TPSA) is 53.1 Å². The van der Waals surface area contributed by atoms with Crippen LogP contribution in [0.15, 0.2) is 66.7 Å². The van der Waals surface area contributed by atoms with Crippen LogP contribution in [0.2, 0.25) is 0 Å². The fourth-order valence-electron chi connectivity index (χ4n) is 2.83. The molecule has 2 N–H and O–H groups in total. The average molecular weight is 373 g/mol. The highest BCUT2D eigenvalue weighted by Crippen LogP contribution is 2.20. The van der Waals surface area contributed by atoms with Crippen molar-refractivity contribution in [3.8, 4) is 0 Å². The van der Waals surface area contributed by atoms with Crippen molar-refractivity contribution in [3.05, 3.63) is 66.7 Å². The Bertz CT molecular complexity index is 1120. The number of hydrogen-bond donors (Lipinski definition) is 2. The van der Waals surface area contributed by atoms with E-state index in [0.29, 0.717) is 5.11 Å². The number of nitrogens with zero attached hydrogens (tertiary/aromatic N) is 3. The van der Waals surface area contributed by atoms with E-state index in [1.807, 2.05) is 80.8 Å². The first kappa shape index (κ1) is 17.2. The third kappa shape index (κ3) is 3.80. The number of benzene rings is 3. The van der Waals surface area contributed by atoms with Crippen molar-refractivity contribution in [3.63, 3.8) is 0 Å². The van der Waals surface area contributed by atoms with Gasteiger partial charge in [-0.2, -0.15) is 0 Å². The molecule has 0 aliphatic heterocycles. The zero-order chi connectivity index (χ0) is 18.8. The van der Waals surface area contributed by atoms with Gasteiger partial charge in [-0.15, -0.1) is 0 Å². The van der Waals surface area contributed by atoms with Gasteiger partial charge in [0.15, 0.2) is 5.11 Å². The lowest BCUT2D eigenvalue weighted by molar-refractivity contribution is 1.13. The van der Waals surface area contributed by atoms with Crippen LogP contribution >= 0.6 is 12.2 Å². The van der Waals surface area contributed by atoms with Crippen LogP contribution in [-0.2, 0) is 0 Å². The molecule has 0 bridgehead atoms. The Hall–Kier alpha value is -3.25. The molecule has 0 spiro atoms. The Kier molecular flexibility index (Phi) is 4.56. The lowest BCUT2D eigenvalue weighted by Crippen LogP contribution is -2.19. The molecule has 4 rings (SSSR count). The predicted molar refractivity (Wildman–Crippen MR) is 118 cm³/mol. The minimum atomic E-state index is 0.528. The van der Waals surface area contributed by atoms with Gasteiger partial charge in [0.25, 0.3) is 0 Å². The lowest BCUT2D eigenvalue weighted by Gasteiger charge is -2.14. The van der Waals surface area contributed by atoms with Crippen molar-refractivity contribution in [2.75, 3.05) is 29.6 Å². The van der Waals surface area contributed by atoms with Crippen LogP contribution in [0.5, 0.6) is 0 Å². The Morgan fingerprint density at radius 1 is 0.741 bits per heavy atom. The molecular weight excluding hydrogens is 354 g/mol. The van der Waals surface area contributed by atoms with Crippen molar-refractivity contribution < 1.29 is 0 Å². The second-order valence-electron chi connectivity index (χ2n) is 6.44. The maximum absolute atomic E-state index is 5.43. The van der Waals surface area contributed by atoms with Gasteiger partial charge < -0.3 is 15.5 Å². The molecule has 0 saturated carbocycles. The molecule has 0 amide bonds. The summed E-state index contributed by atoms with van der Waals surface area (Å²) in [6.45, 7) is 0. The van der Waals surface area contributed by atoms with E-state index in [-0.39, 0.29) is 0 Å². The Morgan fingerprint density at radius 2 is 1.30 bits per heavy atom. The molecule has 134 valence electrons. The molecule has 0 radical (unpaired) electrons. The van der Waals surface area contributed by atoms with Gasteiger partial charge in [-0.3, -0.25) is 0 Å². The van der Waals surface area contributed by atoms with Crippen molar-refractivity contribution in [2.24, 2.45) is 0 Å². The third-order valence-corrected chi connectivity index (χ3v) is 4.44. The molecule has 0 unspecified atom stereocenters. The van der Waals surface area contributed by atoms with Gasteiger partial charge >= 0.3 is 0 Å². The quantitative estimate of drug-likeness (QED) is 0.402. The summed E-state index contributed by atoms with van der Waals surface area (Å²) >= 11 is 5.43. The molecule has 1 heterocycles. The summed E-state index contributed by atoms with van der Waals surface area (Å²) in [4.78, 5) is 11.4. The van der Waals surface area contributed by atoms with Crippen molar-refractivity contribution >= 4 is 56.5 Å². The van der Waals surface area contributed by atoms with Crippen LogP contribution in [0.25, 0.3) is 22.1 Å². The minimum absolute atomic E-state index is 0.528. The highest BCUT2D eigenvalue weighted by Gasteiger charge is 2.04. The first-order valence-electron chi connectivity index (χ1n) is 8.60. The summed E-state index contributed by atoms with van der Waals surface area (Å²) < 4.78 is 0. The van der Waals surface area contributed by atoms with Gasteiger partial charge in [0.1, 0.15) is 0 Å². The van der Waals surface area contributed by atoms with E-state index in [1.54, 1.807) is 0 Å². The van der Waals surface area contributed by atoms with Crippen LogP contribution < -0.4 is 15.5 Å². The Balaban J connectivity index is 1.51. The van der Waals surface area contributed by atoms with E-state index in [0.717, 1.165) is 39.1 Å². The fourth-order valence-corrected chi connectivity index (χ4v) is 3.07. The summed E-state index contributed by atoms with van der Waals surface area (Å²) in [7, 11) is 4.03. The largest absolute Gasteiger partial charge is 0.378 e. The summed E-state index contributed by atoms with van der Waals surface area (Å²) in [5, 5.41) is 6.94. The minimum Gasteiger partial charge on any atom is -0.378 e. The first-order chi connectivity index (χ1) is 13.1. The van der Waals surface area contributed by atoms with E-state index in [4.69, 9.17) is 12.2 Å². The number of fused-ring (bicyclic) bond motifs is 2. The maximum atomic E-state index is 5.43. The predicted octanol–water partition coefficient (Wildman–Crippen LogP) is 4.66. The molecule has 0 fully saturated rings. The van der Waals surface area contributed by atoms with Gasteiger partial charge in [0.2, 0.25) is 0 Å². The standard InChI is InChI=1S/C21H19N5S/c1-26(2)16-10-7-14(8-11-16)22-21(27)23-15-9-12-19-20(13-15)25-18-6-4-3-5-17(18)24-19/h3-13H,1-2H3,(H2,22,23,27). The smallest absolute Gasteiger partial charge is 0.175 e. The number of para-hydroxylation sites is 2. The lowest BCUT2D eigenvalue weighted by atomic mass is 10.2. The first-order valence-corrected chi connectivity index (χ1v) is 9.01. The number of thiocarbonyl (C=S) groups is 1. The van der Waals surface area contributed by atoms with Crippen LogP contribution in [0.1, 0.15) is 0 Å². The molecular formula is C21H19N5S. The van der Waals surface area contributed by atoms with Gasteiger partial charge in [0, 0.05) is 31.2 Å². The molecule has 27 heavy (non-hydrogen) atoms. The van der Waals surface area contributed by atoms with Crippen LogP contribution in [0.4, 0.5) is 17.1 Å². The van der Waals surface area contributed by atoms with E-state index in [1.165, 1.54) is 0 Å². The maximum Gasteiger partial charge on any atom is 0.175 e. The number of hydrogen-bond acceptors (Lipinski definition) is 4. The molecule has 4 aromatic rings. The van der Waals surface area contributed by atoms with E-state index < -0.39 is 0 Å². The third-order valence-electron chi connectivity index (χ3n) is 4.24. The van der Waals surface area contributed by atoms with Crippen molar-refractivity contribution in [2.45, 2.75) is 0 Å². The SMILES string of the molecule is CN(C)c1ccc(NC(=S)Nc2ccc3nc4ccccc4nc3c2)cc1. The van der Waals surface area contributed by atoms with E-state index >= 15 is 0 Å². The van der Waals surface area contributed by atoms with E-state index in [2.05, 4.69) is 25.5 Å². The van der Waals surface area contributed by atoms with Crippen LogP contribution in [-0.4, -0.2) is 29.2 Å². The van der Waals surface area contributed by atoms with Crippen LogP contribution in [0, 0.1) is 0 Å². The summed E-state index contributed by atoms with van der Waals surface area (Å²) in [6.07, 6.45) is 0. The highest BCUT2D eigenvalue weighted by atomic mass is 32.1. The molecule has 6 heteroatoms. The summed E-state index contributed by atoms with van der Waals surface area (Å²) in [5.41, 5.74) is 6.40. The zero-order valence-electron chi connectivity index (χ0n) is 15.1. The fraction of sp³-hybridized carbons (Fsp3) is 0.0952. The Labute approximate surface area is 163 Å². The molecule has 0 aliphatic carbocycles. The second-order valence-corrected chi connectivity index (χ2v) is 6.84. The van der Waals surface area contributed by atoms with E-state index in [9.17, 15) is 0 Å². The van der Waals surface area contributed by atoms with Crippen LogP contribution in [0.3, 0.4) is 0 Å². The summed E-state index contributed by atoms with van der Waals surface area (Å²) in [5.74, 6) is 0. The van der Waals surface area contributed by atoms with Gasteiger partial charge in [0.05, 0.1) is 22.1 Å². The number of nitrogens with one attached hydrogen (secondary N) is 2. The van der Waals surface area contributed by atoms with Gasteiger partial charge in [-0.1, -0.05) is 12.1 Å². The molecule has 3 aromatic carbocycles. The molecule has 0 aliphatic rings. The van der Waals surface area contributed by atoms with Gasteiger partial charge in [-0.05, 0) is 66.8 Å². The second kappa shape index (κ2) is 7.17. The molecule has 5 nitrogen and oxygen atoms in total. The van der Waals surface area contributed by atoms with Crippen molar-refractivity contribution in [1.82, 2.24) is 9.97 Å². The molecule has 1 aromatic heterocycles. The highest BCUT2D eigenvalue weighted by molar-refractivity contribution is 7.80. The number of anilines is 3.